The van der Waals surface area contributed by atoms with Crippen molar-refractivity contribution in [1.82, 2.24) is 25.1 Å². The van der Waals surface area contributed by atoms with Gasteiger partial charge >= 0.3 is 0 Å². The highest BCUT2D eigenvalue weighted by Crippen LogP contribution is 2.35. The highest BCUT2D eigenvalue weighted by Gasteiger charge is 2.42. The summed E-state index contributed by atoms with van der Waals surface area (Å²) in [4.78, 5) is 3.77. The normalized spacial score (nSPS) is 16.6. The zero-order chi connectivity index (χ0) is 16.1. The van der Waals surface area contributed by atoms with Crippen LogP contribution in [0.3, 0.4) is 0 Å². The van der Waals surface area contributed by atoms with Crippen LogP contribution in [0.25, 0.3) is 0 Å². The molecular formula is C16H21N5O2. The largest absolute Gasteiger partial charge is 0.462 e. The van der Waals surface area contributed by atoms with E-state index in [0.29, 0.717) is 6.42 Å². The molecule has 0 N–H and O–H groups in total. The lowest BCUT2D eigenvalue weighted by atomic mass is 9.86. The van der Waals surface area contributed by atoms with E-state index in [1.807, 2.05) is 32.3 Å². The van der Waals surface area contributed by atoms with Gasteiger partial charge in [0, 0.05) is 13.0 Å². The predicted octanol–water partition coefficient (Wildman–Crippen LogP) is 1.41. The molecule has 0 bridgehead atoms. The Morgan fingerprint density at radius 1 is 1.26 bits per heavy atom. The topological polar surface area (TPSA) is 65.3 Å². The molecule has 1 aromatic heterocycles. The molecule has 0 amide bonds. The number of nitrogens with zero attached hydrogens (tertiary/aromatic N) is 5. The average molecular weight is 315 g/mol. The van der Waals surface area contributed by atoms with Crippen molar-refractivity contribution in [3.05, 3.63) is 54.2 Å². The first-order chi connectivity index (χ1) is 11.2. The molecule has 1 atom stereocenters. The molecule has 2 heterocycles. The van der Waals surface area contributed by atoms with Gasteiger partial charge in [-0.1, -0.05) is 30.3 Å². The molecule has 7 nitrogen and oxygen atoms in total. The van der Waals surface area contributed by atoms with E-state index in [2.05, 4.69) is 32.4 Å². The first-order valence-corrected chi connectivity index (χ1v) is 7.58. The maximum absolute atomic E-state index is 5.74. The van der Waals surface area contributed by atoms with E-state index in [1.54, 1.807) is 11.1 Å². The summed E-state index contributed by atoms with van der Waals surface area (Å²) in [6, 6.07) is 10.3. The summed E-state index contributed by atoms with van der Waals surface area (Å²) < 4.78 is 11.1. The highest BCUT2D eigenvalue weighted by atomic mass is 16.7. The van der Waals surface area contributed by atoms with Crippen LogP contribution in [-0.4, -0.2) is 52.5 Å². The molecule has 0 spiro atoms. The first kappa shape index (κ1) is 15.5. The van der Waals surface area contributed by atoms with Crippen LogP contribution in [0, 0.1) is 0 Å². The summed E-state index contributed by atoms with van der Waals surface area (Å²) in [7, 11) is 4.09. The fourth-order valence-electron chi connectivity index (χ4n) is 2.76. The minimum absolute atomic E-state index is 0.225. The number of tetrazole rings is 1. The molecule has 23 heavy (non-hydrogen) atoms. The van der Waals surface area contributed by atoms with Crippen molar-refractivity contribution in [3.63, 3.8) is 0 Å². The van der Waals surface area contributed by atoms with Crippen molar-refractivity contribution in [3.8, 4) is 0 Å². The average Bonchev–Trinajstić information content (AvgIpc) is 3.25. The minimum Gasteiger partial charge on any atom is -0.462 e. The Morgan fingerprint density at radius 3 is 2.70 bits per heavy atom. The second kappa shape index (κ2) is 6.78. The van der Waals surface area contributed by atoms with Gasteiger partial charge < -0.3 is 14.4 Å². The fraction of sp³-hybridized carbons (Fsp3) is 0.438. The van der Waals surface area contributed by atoms with Crippen LogP contribution in [0.2, 0.25) is 0 Å². The second-order valence-corrected chi connectivity index (χ2v) is 5.88. The van der Waals surface area contributed by atoms with Gasteiger partial charge in [0.25, 0.3) is 0 Å². The quantitative estimate of drug-likeness (QED) is 0.770. The molecule has 1 unspecified atom stereocenters. The fourth-order valence-corrected chi connectivity index (χ4v) is 2.76. The molecule has 2 aromatic rings. The minimum atomic E-state index is -0.557. The Balaban J connectivity index is 2.01. The first-order valence-electron chi connectivity index (χ1n) is 7.58. The molecular weight excluding hydrogens is 294 g/mol. The molecule has 1 aromatic carbocycles. The van der Waals surface area contributed by atoms with E-state index >= 15 is 0 Å². The Hall–Kier alpha value is -2.41. The standard InChI is InChI=1S/C16H21N5O2/c1-20(2)9-8-16(15-11-22-13-23-15,21-18-12-17-19-21)10-14-6-4-3-5-7-14/h3-7,11-12H,8-10,13H2,1-2H3. The van der Waals surface area contributed by atoms with Gasteiger partial charge in [-0.25, -0.2) is 0 Å². The summed E-state index contributed by atoms with van der Waals surface area (Å²) in [5.41, 5.74) is 0.624. The van der Waals surface area contributed by atoms with E-state index in [4.69, 9.17) is 9.47 Å². The summed E-state index contributed by atoms with van der Waals surface area (Å²) >= 11 is 0. The molecule has 7 heteroatoms. The Labute approximate surface area is 135 Å². The lowest BCUT2D eigenvalue weighted by Gasteiger charge is -2.33. The van der Waals surface area contributed by atoms with Crippen LogP contribution in [0.1, 0.15) is 12.0 Å². The van der Waals surface area contributed by atoms with E-state index in [1.165, 1.54) is 11.9 Å². The summed E-state index contributed by atoms with van der Waals surface area (Å²) in [6.45, 7) is 1.08. The van der Waals surface area contributed by atoms with Gasteiger partial charge in [-0.2, -0.15) is 0 Å². The number of hydrogen-bond acceptors (Lipinski definition) is 6. The molecule has 1 aliphatic rings. The zero-order valence-electron chi connectivity index (χ0n) is 13.4. The van der Waals surface area contributed by atoms with Crippen molar-refractivity contribution < 1.29 is 9.47 Å². The van der Waals surface area contributed by atoms with Crippen LogP contribution in [0.4, 0.5) is 0 Å². The second-order valence-electron chi connectivity index (χ2n) is 5.88. The van der Waals surface area contributed by atoms with Gasteiger partial charge in [-0.05, 0) is 31.3 Å². The van der Waals surface area contributed by atoms with Crippen molar-refractivity contribution in [2.45, 2.75) is 18.4 Å². The molecule has 1 aliphatic heterocycles. The zero-order valence-corrected chi connectivity index (χ0v) is 13.4. The van der Waals surface area contributed by atoms with E-state index in [-0.39, 0.29) is 6.79 Å². The summed E-state index contributed by atoms with van der Waals surface area (Å²) in [6.07, 6.45) is 4.60. The highest BCUT2D eigenvalue weighted by molar-refractivity contribution is 5.22. The lowest BCUT2D eigenvalue weighted by molar-refractivity contribution is 0.0451. The van der Waals surface area contributed by atoms with Crippen LogP contribution < -0.4 is 0 Å². The molecule has 0 saturated heterocycles. The van der Waals surface area contributed by atoms with E-state index in [9.17, 15) is 0 Å². The lowest BCUT2D eigenvalue weighted by Crippen LogP contribution is -2.42. The monoisotopic (exact) mass is 315 g/mol. The van der Waals surface area contributed by atoms with Crippen molar-refractivity contribution in [2.75, 3.05) is 27.4 Å². The van der Waals surface area contributed by atoms with Crippen LogP contribution in [0.15, 0.2) is 48.7 Å². The molecule has 0 fully saturated rings. The van der Waals surface area contributed by atoms with Crippen LogP contribution in [0.5, 0.6) is 0 Å². The summed E-state index contributed by atoms with van der Waals surface area (Å²) in [5.74, 6) is 0.737. The SMILES string of the molecule is CN(C)CCC(Cc1ccccc1)(C1=COCO1)n1ncnn1. The molecule has 0 radical (unpaired) electrons. The van der Waals surface area contributed by atoms with Gasteiger partial charge in [0.2, 0.25) is 6.79 Å². The smallest absolute Gasteiger partial charge is 0.229 e. The van der Waals surface area contributed by atoms with Crippen molar-refractivity contribution in [1.29, 1.82) is 0 Å². The molecule has 122 valence electrons. The Kier molecular flexibility index (Phi) is 4.57. The van der Waals surface area contributed by atoms with Gasteiger partial charge in [0.15, 0.2) is 12.1 Å². The van der Waals surface area contributed by atoms with Crippen LogP contribution in [-0.2, 0) is 21.4 Å². The number of ether oxygens (including phenoxy) is 2. The Morgan fingerprint density at radius 2 is 2.09 bits per heavy atom. The van der Waals surface area contributed by atoms with E-state index < -0.39 is 5.54 Å². The third kappa shape index (κ3) is 3.34. The van der Waals surface area contributed by atoms with Gasteiger partial charge in [-0.15, -0.1) is 15.0 Å². The summed E-state index contributed by atoms with van der Waals surface area (Å²) in [5, 5.41) is 12.4. The third-order valence-corrected chi connectivity index (χ3v) is 3.98. The number of aromatic nitrogens is 4. The molecule has 3 rings (SSSR count). The van der Waals surface area contributed by atoms with E-state index in [0.717, 1.165) is 18.7 Å². The van der Waals surface area contributed by atoms with Crippen molar-refractivity contribution >= 4 is 0 Å². The number of hydrogen-bond donors (Lipinski definition) is 0. The Bertz CT molecular complexity index is 642. The van der Waals surface area contributed by atoms with Crippen LogP contribution >= 0.6 is 0 Å². The number of rotatable bonds is 7. The van der Waals surface area contributed by atoms with Gasteiger partial charge in [-0.3, -0.25) is 0 Å². The molecule has 0 aliphatic carbocycles. The van der Waals surface area contributed by atoms with Gasteiger partial charge in [0.05, 0.1) is 0 Å². The number of benzene rings is 1. The third-order valence-electron chi connectivity index (χ3n) is 3.98. The predicted molar refractivity (Wildman–Crippen MR) is 84.2 cm³/mol. The van der Waals surface area contributed by atoms with Crippen molar-refractivity contribution in [2.24, 2.45) is 0 Å². The maximum atomic E-state index is 5.74. The van der Waals surface area contributed by atoms with Gasteiger partial charge in [0.1, 0.15) is 11.8 Å². The number of allylic oxidation sites excluding steroid dienone is 1. The molecule has 0 saturated carbocycles. The maximum Gasteiger partial charge on any atom is 0.229 e.